The van der Waals surface area contributed by atoms with Gasteiger partial charge in [-0.1, -0.05) is 47.0 Å². The van der Waals surface area contributed by atoms with E-state index in [-0.39, 0.29) is 28.7 Å². The van der Waals surface area contributed by atoms with Crippen molar-refractivity contribution in [2.24, 2.45) is 11.3 Å². The first-order valence-electron chi connectivity index (χ1n) is 14.2. The molecule has 0 radical (unpaired) electrons. The summed E-state index contributed by atoms with van der Waals surface area (Å²) >= 11 is 1.48. The van der Waals surface area contributed by atoms with Crippen LogP contribution in [0.25, 0.3) is 0 Å². The molecule has 9 heteroatoms. The summed E-state index contributed by atoms with van der Waals surface area (Å²) in [5.74, 6) is 0.687. The number of thiophene rings is 1. The van der Waals surface area contributed by atoms with Crippen LogP contribution < -0.4 is 15.4 Å². The molecule has 4 rings (SSSR count). The van der Waals surface area contributed by atoms with E-state index in [2.05, 4.69) is 38.3 Å². The zero-order valence-corrected chi connectivity index (χ0v) is 25.2. The maximum atomic E-state index is 13.5. The molecule has 2 unspecified atom stereocenters. The Hall–Kier alpha value is -2.39. The molecule has 1 aliphatic carbocycles. The zero-order chi connectivity index (χ0) is 28.2. The summed E-state index contributed by atoms with van der Waals surface area (Å²) in [6, 6.07) is 6.68. The van der Waals surface area contributed by atoms with E-state index in [1.807, 2.05) is 0 Å². The number of benzene rings is 1. The van der Waals surface area contributed by atoms with Crippen LogP contribution in [0.15, 0.2) is 24.3 Å². The van der Waals surface area contributed by atoms with Crippen molar-refractivity contribution < 1.29 is 22.7 Å². The van der Waals surface area contributed by atoms with Gasteiger partial charge >= 0.3 is 0 Å². The van der Waals surface area contributed by atoms with Crippen molar-refractivity contribution in [1.82, 2.24) is 5.32 Å². The minimum absolute atomic E-state index is 0.0358. The van der Waals surface area contributed by atoms with Gasteiger partial charge in [-0.3, -0.25) is 9.59 Å². The van der Waals surface area contributed by atoms with Gasteiger partial charge in [0.2, 0.25) is 0 Å². The highest BCUT2D eigenvalue weighted by Crippen LogP contribution is 2.44. The highest BCUT2D eigenvalue weighted by molar-refractivity contribution is 7.91. The Morgan fingerprint density at radius 3 is 2.44 bits per heavy atom. The van der Waals surface area contributed by atoms with Gasteiger partial charge in [0.25, 0.3) is 11.8 Å². The third-order valence-electron chi connectivity index (χ3n) is 7.89. The van der Waals surface area contributed by atoms with Crippen LogP contribution in [0, 0.1) is 11.3 Å². The number of amides is 2. The van der Waals surface area contributed by atoms with Gasteiger partial charge in [0, 0.05) is 16.5 Å². The first kappa shape index (κ1) is 29.6. The van der Waals surface area contributed by atoms with E-state index in [9.17, 15) is 18.0 Å². The lowest BCUT2D eigenvalue weighted by Crippen LogP contribution is -2.36. The van der Waals surface area contributed by atoms with Crippen LogP contribution >= 0.6 is 11.3 Å². The van der Waals surface area contributed by atoms with E-state index in [1.54, 1.807) is 24.3 Å². The van der Waals surface area contributed by atoms with E-state index < -0.39 is 15.9 Å². The number of fused-ring (bicyclic) bond motifs is 1. The van der Waals surface area contributed by atoms with Crippen LogP contribution in [0.1, 0.15) is 97.4 Å². The highest BCUT2D eigenvalue weighted by Gasteiger charge is 2.36. The number of carbonyl (C=O) groups excluding carboxylic acids is 2. The van der Waals surface area contributed by atoms with Gasteiger partial charge in [0.15, 0.2) is 9.84 Å². The van der Waals surface area contributed by atoms with Crippen LogP contribution in [0.5, 0.6) is 5.75 Å². The molecule has 7 nitrogen and oxygen atoms in total. The van der Waals surface area contributed by atoms with Crippen molar-refractivity contribution in [3.8, 4) is 5.75 Å². The van der Waals surface area contributed by atoms with Crippen molar-refractivity contribution in [2.75, 3.05) is 23.4 Å². The number of rotatable bonds is 10. The van der Waals surface area contributed by atoms with Crippen molar-refractivity contribution in [1.29, 1.82) is 0 Å². The third-order valence-corrected chi connectivity index (χ3v) is 10.8. The minimum Gasteiger partial charge on any atom is -0.494 e. The maximum absolute atomic E-state index is 13.5. The molecule has 2 N–H and O–H groups in total. The molecule has 0 saturated carbocycles. The second-order valence-corrected chi connectivity index (χ2v) is 15.3. The summed E-state index contributed by atoms with van der Waals surface area (Å²) in [6.07, 6.45) is 7.55. The van der Waals surface area contributed by atoms with Crippen molar-refractivity contribution in [3.63, 3.8) is 0 Å². The van der Waals surface area contributed by atoms with E-state index >= 15 is 0 Å². The van der Waals surface area contributed by atoms with Crippen LogP contribution in [-0.4, -0.2) is 44.4 Å². The zero-order valence-electron chi connectivity index (χ0n) is 23.6. The van der Waals surface area contributed by atoms with Gasteiger partial charge in [0.05, 0.1) is 23.7 Å². The Balaban J connectivity index is 1.51. The standard InChI is InChI=1S/C30H42N2O5S2/c1-5-6-7-8-16-37-23-12-9-20(10-13-23)27(33)32-29-26(28(34)31-22-15-17-39(35,36)19-22)24-14-11-21(30(2,3)4)18-25(24)38-29/h9-10,12-13,21-22H,5-8,11,14-19H2,1-4H3,(H,31,34)(H,32,33). The lowest BCUT2D eigenvalue weighted by Gasteiger charge is -2.33. The minimum atomic E-state index is -3.12. The lowest BCUT2D eigenvalue weighted by atomic mass is 9.72. The smallest absolute Gasteiger partial charge is 0.256 e. The fourth-order valence-electron chi connectivity index (χ4n) is 5.42. The van der Waals surface area contributed by atoms with Gasteiger partial charge in [-0.2, -0.15) is 0 Å². The van der Waals surface area contributed by atoms with Crippen LogP contribution in [0.4, 0.5) is 5.00 Å². The number of nitrogens with one attached hydrogen (secondary N) is 2. The molecule has 0 spiro atoms. The quantitative estimate of drug-likeness (QED) is 0.338. The van der Waals surface area contributed by atoms with Gasteiger partial charge in [-0.15, -0.1) is 11.3 Å². The molecule has 1 aliphatic heterocycles. The van der Waals surface area contributed by atoms with E-state index in [4.69, 9.17) is 4.74 Å². The fraction of sp³-hybridized carbons (Fsp3) is 0.600. The van der Waals surface area contributed by atoms with Gasteiger partial charge in [-0.25, -0.2) is 8.42 Å². The first-order chi connectivity index (χ1) is 18.5. The maximum Gasteiger partial charge on any atom is 0.256 e. The van der Waals surface area contributed by atoms with Gasteiger partial charge in [0.1, 0.15) is 10.8 Å². The van der Waals surface area contributed by atoms with Crippen LogP contribution in [0.2, 0.25) is 0 Å². The molecule has 2 amide bonds. The second-order valence-electron chi connectivity index (χ2n) is 12.0. The average Bonchev–Trinajstić information content (AvgIpc) is 3.41. The van der Waals surface area contributed by atoms with E-state index in [1.165, 1.54) is 24.2 Å². The Labute approximate surface area is 237 Å². The molecule has 1 aromatic heterocycles. The molecular weight excluding hydrogens is 532 g/mol. The largest absolute Gasteiger partial charge is 0.494 e. The molecule has 2 aliphatic rings. The number of sulfone groups is 1. The summed E-state index contributed by atoms with van der Waals surface area (Å²) in [5.41, 5.74) is 2.11. The Morgan fingerprint density at radius 1 is 1.05 bits per heavy atom. The highest BCUT2D eigenvalue weighted by atomic mass is 32.2. The Bertz CT molecular complexity index is 1280. The van der Waals surface area contributed by atoms with Crippen LogP contribution in [0.3, 0.4) is 0 Å². The molecule has 1 saturated heterocycles. The molecule has 2 aromatic rings. The first-order valence-corrected chi connectivity index (χ1v) is 16.8. The van der Waals surface area contributed by atoms with Crippen molar-refractivity contribution in [3.05, 3.63) is 45.8 Å². The normalized spacial score (nSPS) is 20.3. The van der Waals surface area contributed by atoms with Crippen LogP contribution in [-0.2, 0) is 22.7 Å². The summed E-state index contributed by atoms with van der Waals surface area (Å²) in [6.45, 7) is 9.56. The number of unbranched alkanes of at least 4 members (excludes halogenated alkanes) is 3. The summed E-state index contributed by atoms with van der Waals surface area (Å²) in [5, 5.41) is 6.48. The monoisotopic (exact) mass is 574 g/mol. The topological polar surface area (TPSA) is 102 Å². The van der Waals surface area contributed by atoms with Gasteiger partial charge < -0.3 is 15.4 Å². The number of hydrogen-bond acceptors (Lipinski definition) is 6. The lowest BCUT2D eigenvalue weighted by molar-refractivity contribution is 0.0941. The Kier molecular flexibility index (Phi) is 9.42. The van der Waals surface area contributed by atoms with Crippen molar-refractivity contribution in [2.45, 2.75) is 85.1 Å². The SMILES string of the molecule is CCCCCCOc1ccc(C(=O)Nc2sc3c(c2C(=O)NC2CCS(=O)(=O)C2)CCC(C(C)(C)C)C3)cc1. The average molecular weight is 575 g/mol. The molecule has 2 heterocycles. The molecule has 1 aromatic carbocycles. The van der Waals surface area contributed by atoms with E-state index in [0.29, 0.717) is 35.1 Å². The third kappa shape index (κ3) is 7.63. The molecule has 39 heavy (non-hydrogen) atoms. The number of carbonyl (C=O) groups is 2. The molecular formula is C30H42N2O5S2. The predicted molar refractivity (Wildman–Crippen MR) is 158 cm³/mol. The second kappa shape index (κ2) is 12.4. The molecule has 0 bridgehead atoms. The molecule has 2 atom stereocenters. The molecule has 1 fully saturated rings. The fourth-order valence-corrected chi connectivity index (χ4v) is 8.41. The number of hydrogen-bond donors (Lipinski definition) is 2. The summed E-state index contributed by atoms with van der Waals surface area (Å²) < 4.78 is 29.7. The number of ether oxygens (including phenoxy) is 1. The number of anilines is 1. The summed E-state index contributed by atoms with van der Waals surface area (Å²) in [4.78, 5) is 27.9. The molecule has 214 valence electrons. The Morgan fingerprint density at radius 2 is 1.79 bits per heavy atom. The predicted octanol–water partition coefficient (Wildman–Crippen LogP) is 6.03. The summed E-state index contributed by atoms with van der Waals surface area (Å²) in [7, 11) is -3.12. The van der Waals surface area contributed by atoms with Crippen molar-refractivity contribution >= 4 is 38.0 Å². The van der Waals surface area contributed by atoms with Gasteiger partial charge in [-0.05, 0) is 73.3 Å². The van der Waals surface area contributed by atoms with E-state index in [0.717, 1.165) is 48.3 Å².